The minimum absolute atomic E-state index is 0.0768. The van der Waals surface area contributed by atoms with Crippen LogP contribution in [0.15, 0.2) is 72.8 Å². The Morgan fingerprint density at radius 1 is 0.545 bits per heavy atom. The van der Waals surface area contributed by atoms with Gasteiger partial charge in [-0.1, -0.05) is 24.3 Å². The van der Waals surface area contributed by atoms with Crippen LogP contribution in [-0.4, -0.2) is 15.3 Å². The van der Waals surface area contributed by atoms with Gasteiger partial charge in [-0.15, -0.1) is 0 Å². The Balaban J connectivity index is 1.93. The lowest BCUT2D eigenvalue weighted by Crippen LogP contribution is -2.12. The monoisotopic (exact) mass is 441 g/mol. The summed E-state index contributed by atoms with van der Waals surface area (Å²) in [5, 5.41) is 31.6. The second-order valence-corrected chi connectivity index (χ2v) is 8.22. The summed E-state index contributed by atoms with van der Waals surface area (Å²) in [5.41, 5.74) is 5.18. The molecule has 0 radical (unpaired) electrons. The molecule has 0 aliphatic heterocycles. The Kier molecular flexibility index (Phi) is 5.88. The van der Waals surface area contributed by atoms with Crippen LogP contribution in [0.4, 0.5) is 17.1 Å². The van der Waals surface area contributed by atoms with E-state index in [2.05, 4.69) is 0 Å². The maximum Gasteiger partial charge on any atom is 0.151 e. The van der Waals surface area contributed by atoms with E-state index in [-0.39, 0.29) is 17.2 Å². The van der Waals surface area contributed by atoms with Gasteiger partial charge >= 0.3 is 0 Å². The molecule has 0 aromatic heterocycles. The second-order valence-electron chi connectivity index (χ2n) is 8.22. The van der Waals surface area contributed by atoms with Crippen molar-refractivity contribution < 1.29 is 20.1 Å². The summed E-state index contributed by atoms with van der Waals surface area (Å²) >= 11 is 0. The number of aryl methyl sites for hydroxylation is 2. The number of rotatable bonds is 5. The molecule has 33 heavy (non-hydrogen) atoms. The first-order valence-corrected chi connectivity index (χ1v) is 10.7. The first-order chi connectivity index (χ1) is 15.8. The molecule has 0 heterocycles. The molecule has 5 nitrogen and oxygen atoms in total. The van der Waals surface area contributed by atoms with E-state index in [1.54, 1.807) is 29.2 Å². The smallest absolute Gasteiger partial charge is 0.151 e. The predicted octanol–water partition coefficient (Wildman–Crippen LogP) is 7.30. The van der Waals surface area contributed by atoms with Gasteiger partial charge in [0.2, 0.25) is 0 Å². The van der Waals surface area contributed by atoms with Gasteiger partial charge in [0.05, 0.1) is 17.1 Å². The van der Waals surface area contributed by atoms with Crippen molar-refractivity contribution in [3.05, 3.63) is 95.1 Å². The summed E-state index contributed by atoms with van der Waals surface area (Å²) in [5.74, 6) is 1.51. The summed E-state index contributed by atoms with van der Waals surface area (Å²) in [6, 6.07) is 21.5. The van der Waals surface area contributed by atoms with Gasteiger partial charge in [0.25, 0.3) is 0 Å². The van der Waals surface area contributed by atoms with E-state index in [1.807, 2.05) is 76.2 Å². The summed E-state index contributed by atoms with van der Waals surface area (Å²) in [6.45, 7) is 7.62. The first-order valence-electron chi connectivity index (χ1n) is 10.7. The summed E-state index contributed by atoms with van der Waals surface area (Å²) < 4.78 is 6.32. The molecule has 4 aromatic carbocycles. The molecule has 0 spiro atoms. The zero-order chi connectivity index (χ0) is 23.7. The van der Waals surface area contributed by atoms with E-state index >= 15 is 0 Å². The standard InChI is InChI=1S/C28H27NO4/c1-17-9-11-25(31)22(15-17)29(23-16-18(2)10-12-26(23)32)21-7-5-6-8-28(21)33-27-14-13-24(30)19(3)20(27)4/h5-16,30-32H,1-4H3. The highest BCUT2D eigenvalue weighted by Gasteiger charge is 2.23. The van der Waals surface area contributed by atoms with Crippen LogP contribution in [0.2, 0.25) is 0 Å². The zero-order valence-electron chi connectivity index (χ0n) is 19.1. The zero-order valence-corrected chi connectivity index (χ0v) is 19.1. The van der Waals surface area contributed by atoms with Gasteiger partial charge < -0.3 is 20.1 Å². The Morgan fingerprint density at radius 3 is 1.70 bits per heavy atom. The summed E-state index contributed by atoms with van der Waals surface area (Å²) in [6.07, 6.45) is 0. The van der Waals surface area contributed by atoms with Crippen molar-refractivity contribution in [2.45, 2.75) is 27.7 Å². The predicted molar refractivity (Wildman–Crippen MR) is 132 cm³/mol. The molecule has 4 rings (SSSR count). The molecule has 0 atom stereocenters. The van der Waals surface area contributed by atoms with Crippen molar-refractivity contribution in [1.29, 1.82) is 0 Å². The number of anilines is 3. The fourth-order valence-electron chi connectivity index (χ4n) is 3.75. The lowest BCUT2D eigenvalue weighted by atomic mass is 10.1. The van der Waals surface area contributed by atoms with E-state index in [0.29, 0.717) is 28.6 Å². The highest BCUT2D eigenvalue weighted by atomic mass is 16.5. The van der Waals surface area contributed by atoms with Crippen LogP contribution in [0.1, 0.15) is 22.3 Å². The summed E-state index contributed by atoms with van der Waals surface area (Å²) in [7, 11) is 0. The molecule has 0 aliphatic carbocycles. The lowest BCUT2D eigenvalue weighted by Gasteiger charge is -2.29. The maximum absolute atomic E-state index is 10.8. The lowest BCUT2D eigenvalue weighted by molar-refractivity contribution is 0.457. The van der Waals surface area contributed by atoms with Gasteiger partial charge in [0.1, 0.15) is 23.0 Å². The molecule has 0 amide bonds. The molecule has 0 saturated carbocycles. The number of ether oxygens (including phenoxy) is 1. The second kappa shape index (κ2) is 8.79. The summed E-state index contributed by atoms with van der Waals surface area (Å²) in [4.78, 5) is 1.79. The van der Waals surface area contributed by atoms with Crippen LogP contribution in [0.3, 0.4) is 0 Å². The average Bonchev–Trinajstić information content (AvgIpc) is 2.80. The Hall–Kier alpha value is -4.12. The van der Waals surface area contributed by atoms with Crippen molar-refractivity contribution in [2.24, 2.45) is 0 Å². The van der Waals surface area contributed by atoms with Crippen molar-refractivity contribution in [3.8, 4) is 28.7 Å². The SMILES string of the molecule is Cc1ccc(O)c(N(c2cc(C)ccc2O)c2ccccc2Oc2ccc(O)c(C)c2C)c1. The van der Waals surface area contributed by atoms with Crippen LogP contribution >= 0.6 is 0 Å². The van der Waals surface area contributed by atoms with Crippen molar-refractivity contribution in [2.75, 3.05) is 4.90 Å². The first kappa shape index (κ1) is 22.1. The highest BCUT2D eigenvalue weighted by molar-refractivity contribution is 5.86. The van der Waals surface area contributed by atoms with Crippen molar-refractivity contribution >= 4 is 17.1 Å². The fourth-order valence-corrected chi connectivity index (χ4v) is 3.75. The maximum atomic E-state index is 10.8. The molecule has 5 heteroatoms. The van der Waals surface area contributed by atoms with E-state index in [4.69, 9.17) is 4.74 Å². The Morgan fingerprint density at radius 2 is 1.09 bits per heavy atom. The van der Waals surface area contributed by atoms with E-state index in [1.165, 1.54) is 0 Å². The fraction of sp³-hybridized carbons (Fsp3) is 0.143. The minimum Gasteiger partial charge on any atom is -0.508 e. The van der Waals surface area contributed by atoms with Crippen molar-refractivity contribution in [1.82, 2.24) is 0 Å². The normalized spacial score (nSPS) is 10.8. The van der Waals surface area contributed by atoms with Crippen LogP contribution in [0.5, 0.6) is 28.7 Å². The van der Waals surface area contributed by atoms with Crippen LogP contribution in [-0.2, 0) is 0 Å². The van der Waals surface area contributed by atoms with Gasteiger partial charge in [-0.25, -0.2) is 0 Å². The van der Waals surface area contributed by atoms with E-state index < -0.39 is 0 Å². The quantitative estimate of drug-likeness (QED) is 0.303. The van der Waals surface area contributed by atoms with Gasteiger partial charge in [-0.2, -0.15) is 0 Å². The number of hydrogen-bond donors (Lipinski definition) is 3. The number of para-hydroxylation sites is 2. The number of phenols is 3. The van der Waals surface area contributed by atoms with Crippen molar-refractivity contribution in [3.63, 3.8) is 0 Å². The third-order valence-corrected chi connectivity index (χ3v) is 5.78. The van der Waals surface area contributed by atoms with Gasteiger partial charge in [0.15, 0.2) is 5.75 Å². The third-order valence-electron chi connectivity index (χ3n) is 5.78. The van der Waals surface area contributed by atoms with Crippen LogP contribution in [0, 0.1) is 27.7 Å². The molecular weight excluding hydrogens is 414 g/mol. The average molecular weight is 442 g/mol. The number of benzene rings is 4. The largest absolute Gasteiger partial charge is 0.508 e. The molecule has 0 unspecified atom stereocenters. The molecule has 168 valence electrons. The molecule has 3 N–H and O–H groups in total. The number of nitrogens with zero attached hydrogens (tertiary/aromatic N) is 1. The number of aromatic hydroxyl groups is 3. The van der Waals surface area contributed by atoms with Gasteiger partial charge in [0, 0.05) is 0 Å². The van der Waals surface area contributed by atoms with Crippen LogP contribution < -0.4 is 9.64 Å². The van der Waals surface area contributed by atoms with E-state index in [0.717, 1.165) is 22.3 Å². The molecule has 4 aromatic rings. The number of hydrogen-bond acceptors (Lipinski definition) is 5. The molecule has 0 fully saturated rings. The minimum atomic E-state index is 0.0768. The molecule has 0 bridgehead atoms. The highest BCUT2D eigenvalue weighted by Crippen LogP contribution is 2.48. The Bertz CT molecular complexity index is 1280. The topological polar surface area (TPSA) is 73.2 Å². The van der Waals surface area contributed by atoms with Crippen LogP contribution in [0.25, 0.3) is 0 Å². The van der Waals surface area contributed by atoms with Gasteiger partial charge in [-0.05, 0) is 98.5 Å². The molecule has 0 aliphatic rings. The Labute approximate surface area is 193 Å². The van der Waals surface area contributed by atoms with Gasteiger partial charge in [-0.3, -0.25) is 4.90 Å². The third kappa shape index (κ3) is 4.30. The van der Waals surface area contributed by atoms with E-state index in [9.17, 15) is 15.3 Å². The number of phenolic OH excluding ortho intramolecular Hbond substituents is 3. The molecular formula is C28H27NO4. The molecule has 0 saturated heterocycles.